The molecule has 0 bridgehead atoms. The topological polar surface area (TPSA) is 75.3 Å². The fourth-order valence-corrected chi connectivity index (χ4v) is 3.59. The number of carbonyl (C=O) groups is 1. The smallest absolute Gasteiger partial charge is 0.240 e. The number of benzene rings is 2. The summed E-state index contributed by atoms with van der Waals surface area (Å²) in [6, 6.07) is 15.9. The molecule has 0 spiro atoms. The average Bonchev–Trinajstić information content (AvgIpc) is 2.61. The van der Waals surface area contributed by atoms with E-state index in [9.17, 15) is 13.2 Å². The van der Waals surface area contributed by atoms with E-state index in [1.165, 1.54) is 12.1 Å². The Morgan fingerprint density at radius 3 is 2.28 bits per heavy atom. The summed E-state index contributed by atoms with van der Waals surface area (Å²) >= 11 is 0. The number of carbonyl (C=O) groups excluding carboxylic acids is 1. The summed E-state index contributed by atoms with van der Waals surface area (Å²) in [5.41, 5.74) is 1.69. The number of sulfonamides is 1. The lowest BCUT2D eigenvalue weighted by atomic mass is 10.1. The van der Waals surface area contributed by atoms with Crippen LogP contribution in [0, 0.1) is 0 Å². The zero-order chi connectivity index (χ0) is 18.3. The van der Waals surface area contributed by atoms with Gasteiger partial charge in [-0.1, -0.05) is 37.3 Å². The Bertz CT molecular complexity index is 787. The molecule has 2 rings (SSSR count). The Labute approximate surface area is 149 Å². The first kappa shape index (κ1) is 19.1. The summed E-state index contributed by atoms with van der Waals surface area (Å²) < 4.78 is 27.0. The van der Waals surface area contributed by atoms with Gasteiger partial charge in [-0.3, -0.25) is 4.79 Å². The Morgan fingerprint density at radius 1 is 1.04 bits per heavy atom. The molecule has 6 heteroatoms. The summed E-state index contributed by atoms with van der Waals surface area (Å²) in [5, 5.41) is 2.79. The lowest BCUT2D eigenvalue weighted by molar-refractivity contribution is -0.116. The molecule has 2 aromatic rings. The summed E-state index contributed by atoms with van der Waals surface area (Å²) in [6.07, 6.45) is 1.76. The Morgan fingerprint density at radius 2 is 1.68 bits per heavy atom. The van der Waals surface area contributed by atoms with Crippen LogP contribution in [0.1, 0.15) is 32.3 Å². The van der Waals surface area contributed by atoms with Gasteiger partial charge in [-0.2, -0.15) is 0 Å². The molecule has 0 aliphatic heterocycles. The van der Waals surface area contributed by atoms with Crippen LogP contribution in [0.4, 0.5) is 5.69 Å². The maximum Gasteiger partial charge on any atom is 0.240 e. The van der Waals surface area contributed by atoms with Crippen LogP contribution in [0.5, 0.6) is 0 Å². The first-order valence-corrected chi connectivity index (χ1v) is 9.85. The van der Waals surface area contributed by atoms with Gasteiger partial charge in [0.05, 0.1) is 4.90 Å². The summed E-state index contributed by atoms with van der Waals surface area (Å²) in [4.78, 5) is 12.2. The third-order valence-electron chi connectivity index (χ3n) is 3.90. The standard InChI is InChI=1S/C19H24N2O3S/c1-3-15(2)21-25(23,24)18-12-10-17(11-13-18)20-19(22)14-9-16-7-5-4-6-8-16/h4-8,10-13,15,21H,3,9,14H2,1-2H3,(H,20,22). The summed E-state index contributed by atoms with van der Waals surface area (Å²) in [5.74, 6) is -0.0998. The maximum atomic E-state index is 12.2. The molecule has 25 heavy (non-hydrogen) atoms. The molecule has 0 fully saturated rings. The first-order chi connectivity index (χ1) is 11.9. The van der Waals surface area contributed by atoms with E-state index in [1.54, 1.807) is 12.1 Å². The van der Waals surface area contributed by atoms with Crippen LogP contribution >= 0.6 is 0 Å². The number of nitrogens with one attached hydrogen (secondary N) is 2. The van der Waals surface area contributed by atoms with E-state index >= 15 is 0 Å². The van der Waals surface area contributed by atoms with Crippen molar-refractivity contribution in [3.8, 4) is 0 Å². The van der Waals surface area contributed by atoms with Gasteiger partial charge in [0.25, 0.3) is 0 Å². The van der Waals surface area contributed by atoms with Crippen LogP contribution < -0.4 is 10.0 Å². The fourth-order valence-electron chi connectivity index (χ4n) is 2.26. The molecule has 0 heterocycles. The largest absolute Gasteiger partial charge is 0.326 e. The summed E-state index contributed by atoms with van der Waals surface area (Å²) in [7, 11) is -3.53. The zero-order valence-corrected chi connectivity index (χ0v) is 15.3. The van der Waals surface area contributed by atoms with Crippen molar-refractivity contribution in [3.63, 3.8) is 0 Å². The number of hydrogen-bond acceptors (Lipinski definition) is 3. The maximum absolute atomic E-state index is 12.2. The minimum absolute atomic E-state index is 0.0998. The monoisotopic (exact) mass is 360 g/mol. The Hall–Kier alpha value is -2.18. The van der Waals surface area contributed by atoms with Gasteiger partial charge >= 0.3 is 0 Å². The van der Waals surface area contributed by atoms with E-state index < -0.39 is 10.0 Å². The van der Waals surface area contributed by atoms with Crippen LogP contribution in [-0.4, -0.2) is 20.4 Å². The number of hydrogen-bond donors (Lipinski definition) is 2. The van der Waals surface area contributed by atoms with E-state index in [0.717, 1.165) is 12.0 Å². The fraction of sp³-hybridized carbons (Fsp3) is 0.316. The number of anilines is 1. The van der Waals surface area contributed by atoms with Crippen LogP contribution in [0.2, 0.25) is 0 Å². The second kappa shape index (κ2) is 8.78. The molecule has 0 aliphatic carbocycles. The van der Waals surface area contributed by atoms with E-state index in [4.69, 9.17) is 0 Å². The predicted octanol–water partition coefficient (Wildman–Crippen LogP) is 3.33. The quantitative estimate of drug-likeness (QED) is 0.758. The number of amides is 1. The van der Waals surface area contributed by atoms with Crippen LogP contribution in [0.3, 0.4) is 0 Å². The lowest BCUT2D eigenvalue weighted by Gasteiger charge is -2.12. The van der Waals surface area contributed by atoms with Gasteiger partial charge < -0.3 is 5.32 Å². The molecule has 0 saturated heterocycles. The molecule has 0 saturated carbocycles. The predicted molar refractivity (Wildman–Crippen MR) is 99.9 cm³/mol. The molecule has 1 unspecified atom stereocenters. The second-order valence-corrected chi connectivity index (χ2v) is 7.70. The van der Waals surface area contributed by atoms with Crippen molar-refractivity contribution < 1.29 is 13.2 Å². The third-order valence-corrected chi connectivity index (χ3v) is 5.51. The van der Waals surface area contributed by atoms with Crippen molar-refractivity contribution in [1.29, 1.82) is 0 Å². The van der Waals surface area contributed by atoms with Crippen molar-refractivity contribution in [1.82, 2.24) is 4.72 Å². The molecule has 2 aromatic carbocycles. The molecular weight excluding hydrogens is 336 g/mol. The number of rotatable bonds is 8. The van der Waals surface area contributed by atoms with Gasteiger partial charge in [0, 0.05) is 18.2 Å². The lowest BCUT2D eigenvalue weighted by Crippen LogP contribution is -2.31. The van der Waals surface area contributed by atoms with E-state index in [1.807, 2.05) is 44.2 Å². The molecule has 0 radical (unpaired) electrons. The zero-order valence-electron chi connectivity index (χ0n) is 14.5. The Balaban J connectivity index is 1.92. The van der Waals surface area contributed by atoms with Gasteiger partial charge in [-0.15, -0.1) is 0 Å². The van der Waals surface area contributed by atoms with E-state index in [0.29, 0.717) is 18.5 Å². The average molecular weight is 360 g/mol. The molecular formula is C19H24N2O3S. The van der Waals surface area contributed by atoms with E-state index in [2.05, 4.69) is 10.0 Å². The van der Waals surface area contributed by atoms with Gasteiger partial charge in [0.15, 0.2) is 0 Å². The molecule has 1 amide bonds. The highest BCUT2D eigenvalue weighted by molar-refractivity contribution is 7.89. The van der Waals surface area contributed by atoms with Crippen molar-refractivity contribution in [2.75, 3.05) is 5.32 Å². The second-order valence-electron chi connectivity index (χ2n) is 5.99. The molecule has 0 aromatic heterocycles. The first-order valence-electron chi connectivity index (χ1n) is 8.37. The van der Waals surface area contributed by atoms with Gasteiger partial charge in [-0.05, 0) is 49.6 Å². The van der Waals surface area contributed by atoms with E-state index in [-0.39, 0.29) is 16.8 Å². The van der Waals surface area contributed by atoms with Crippen molar-refractivity contribution >= 4 is 21.6 Å². The van der Waals surface area contributed by atoms with Crippen LogP contribution in [-0.2, 0) is 21.2 Å². The minimum atomic E-state index is -3.53. The normalized spacial score (nSPS) is 12.6. The van der Waals surface area contributed by atoms with Gasteiger partial charge in [-0.25, -0.2) is 13.1 Å². The molecule has 5 nitrogen and oxygen atoms in total. The van der Waals surface area contributed by atoms with Gasteiger partial charge in [0.2, 0.25) is 15.9 Å². The van der Waals surface area contributed by atoms with Crippen LogP contribution in [0.25, 0.3) is 0 Å². The SMILES string of the molecule is CCC(C)NS(=O)(=O)c1ccc(NC(=O)CCc2ccccc2)cc1. The van der Waals surface area contributed by atoms with Crippen LogP contribution in [0.15, 0.2) is 59.5 Å². The highest BCUT2D eigenvalue weighted by Crippen LogP contribution is 2.15. The minimum Gasteiger partial charge on any atom is -0.326 e. The molecule has 2 N–H and O–H groups in total. The molecule has 1 atom stereocenters. The van der Waals surface area contributed by atoms with Crippen molar-refractivity contribution in [3.05, 3.63) is 60.2 Å². The van der Waals surface area contributed by atoms with Crippen molar-refractivity contribution in [2.45, 2.75) is 44.0 Å². The molecule has 0 aliphatic rings. The number of aryl methyl sites for hydroxylation is 1. The van der Waals surface area contributed by atoms with Gasteiger partial charge in [0.1, 0.15) is 0 Å². The Kier molecular flexibility index (Phi) is 6.73. The summed E-state index contributed by atoms with van der Waals surface area (Å²) in [6.45, 7) is 3.74. The highest BCUT2D eigenvalue weighted by Gasteiger charge is 2.16. The highest BCUT2D eigenvalue weighted by atomic mass is 32.2. The van der Waals surface area contributed by atoms with Crippen molar-refractivity contribution in [2.24, 2.45) is 0 Å². The molecule has 134 valence electrons. The third kappa shape index (κ3) is 5.99.